The fraction of sp³-hybridized carbons (Fsp3) is 0.174. The minimum absolute atomic E-state index is 0.175. The Balaban J connectivity index is 1.48. The highest BCUT2D eigenvalue weighted by molar-refractivity contribution is 5.85. The quantitative estimate of drug-likeness (QED) is 0.394. The Hall–Kier alpha value is -3.54. The van der Waals surface area contributed by atoms with Gasteiger partial charge in [0.1, 0.15) is 0 Å². The van der Waals surface area contributed by atoms with Gasteiger partial charge in [-0.1, -0.05) is 18.2 Å². The van der Waals surface area contributed by atoms with Gasteiger partial charge in [-0.3, -0.25) is 4.98 Å². The van der Waals surface area contributed by atoms with Crippen molar-refractivity contribution in [3.05, 3.63) is 78.0 Å². The predicted octanol–water partition coefficient (Wildman–Crippen LogP) is 5.42. The Morgan fingerprint density at radius 1 is 1.07 bits per heavy atom. The summed E-state index contributed by atoms with van der Waals surface area (Å²) >= 11 is 0. The molecule has 0 unspecified atom stereocenters. The third-order valence-electron chi connectivity index (χ3n) is 4.98. The highest BCUT2D eigenvalue weighted by Crippen LogP contribution is 2.34. The molecule has 3 N–H and O–H groups in total. The number of hydrogen-bond donors (Lipinski definition) is 3. The number of rotatable bonds is 7. The van der Waals surface area contributed by atoms with Crippen molar-refractivity contribution in [1.82, 2.24) is 9.97 Å². The predicted molar refractivity (Wildman–Crippen MR) is 116 cm³/mol. The smallest absolute Gasteiger partial charge is 0.190 e. The summed E-state index contributed by atoms with van der Waals surface area (Å²) in [5, 5.41) is 7.56. The van der Waals surface area contributed by atoms with Crippen LogP contribution in [0.1, 0.15) is 11.1 Å². The monoisotopic (exact) mass is 390 g/mol. The second-order valence-corrected chi connectivity index (χ2v) is 6.86. The summed E-state index contributed by atoms with van der Waals surface area (Å²) in [4.78, 5) is 7.31. The van der Waals surface area contributed by atoms with E-state index >= 15 is 0 Å². The maximum absolute atomic E-state index is 15.0. The summed E-state index contributed by atoms with van der Waals surface area (Å²) in [6.45, 7) is 2.70. The molecule has 6 heteroatoms. The van der Waals surface area contributed by atoms with Gasteiger partial charge in [-0.15, -0.1) is 0 Å². The molecule has 2 aromatic heterocycles. The van der Waals surface area contributed by atoms with Crippen LogP contribution in [0.25, 0.3) is 10.9 Å². The molecule has 4 rings (SSSR count). The Morgan fingerprint density at radius 2 is 1.86 bits per heavy atom. The Kier molecular flexibility index (Phi) is 5.33. The molecule has 0 spiro atoms. The number of halogens is 1. The number of H-pyrrole nitrogens is 1. The fourth-order valence-electron chi connectivity index (χ4n) is 3.48. The van der Waals surface area contributed by atoms with E-state index in [1.54, 1.807) is 24.5 Å². The number of aryl methyl sites for hydroxylation is 1. The lowest BCUT2D eigenvalue weighted by Gasteiger charge is -2.15. The molecule has 0 aliphatic heterocycles. The number of hydrogen-bond acceptors (Lipinski definition) is 4. The number of fused-ring (bicyclic) bond motifs is 1. The Labute approximate surface area is 168 Å². The van der Waals surface area contributed by atoms with Gasteiger partial charge in [0.05, 0.1) is 18.5 Å². The summed E-state index contributed by atoms with van der Waals surface area (Å²) < 4.78 is 20.3. The van der Waals surface area contributed by atoms with Gasteiger partial charge in [-0.25, -0.2) is 4.39 Å². The van der Waals surface area contributed by atoms with Crippen molar-refractivity contribution in [2.75, 3.05) is 24.3 Å². The van der Waals surface area contributed by atoms with Gasteiger partial charge in [0.25, 0.3) is 0 Å². The summed E-state index contributed by atoms with van der Waals surface area (Å²) in [7, 11) is 1.47. The van der Waals surface area contributed by atoms with E-state index in [4.69, 9.17) is 4.74 Å². The third-order valence-corrected chi connectivity index (χ3v) is 4.98. The highest BCUT2D eigenvalue weighted by Gasteiger charge is 2.15. The van der Waals surface area contributed by atoms with Crippen LogP contribution in [0.2, 0.25) is 0 Å². The Morgan fingerprint density at radius 3 is 2.66 bits per heavy atom. The van der Waals surface area contributed by atoms with Crippen LogP contribution in [-0.4, -0.2) is 23.6 Å². The lowest BCUT2D eigenvalue weighted by molar-refractivity contribution is 0.389. The van der Waals surface area contributed by atoms with E-state index in [0.29, 0.717) is 17.9 Å². The van der Waals surface area contributed by atoms with Gasteiger partial charge in [0.2, 0.25) is 0 Å². The summed E-state index contributed by atoms with van der Waals surface area (Å²) in [6, 6.07) is 13.4. The van der Waals surface area contributed by atoms with Crippen molar-refractivity contribution in [2.45, 2.75) is 13.3 Å². The minimum atomic E-state index is -0.415. The van der Waals surface area contributed by atoms with Crippen molar-refractivity contribution >= 4 is 28.0 Å². The Bertz CT molecular complexity index is 1120. The SMILES string of the molecule is COc1c(Nc2ccncc2)ccc(NCCc2c[nH]c3c(C)cccc23)c1F. The average molecular weight is 390 g/mol. The highest BCUT2D eigenvalue weighted by atomic mass is 19.1. The van der Waals surface area contributed by atoms with Crippen LogP contribution >= 0.6 is 0 Å². The van der Waals surface area contributed by atoms with Gasteiger partial charge in [0, 0.05) is 41.7 Å². The van der Waals surface area contributed by atoms with Crippen molar-refractivity contribution in [3.8, 4) is 5.75 Å². The molecule has 5 nitrogen and oxygen atoms in total. The molecule has 0 radical (unpaired) electrons. The van der Waals surface area contributed by atoms with E-state index < -0.39 is 5.82 Å². The van der Waals surface area contributed by atoms with Crippen molar-refractivity contribution in [1.29, 1.82) is 0 Å². The zero-order valence-corrected chi connectivity index (χ0v) is 16.4. The third kappa shape index (κ3) is 3.87. The summed E-state index contributed by atoms with van der Waals surface area (Å²) in [6.07, 6.45) is 6.15. The van der Waals surface area contributed by atoms with Gasteiger partial charge >= 0.3 is 0 Å². The van der Waals surface area contributed by atoms with Crippen molar-refractivity contribution < 1.29 is 9.13 Å². The fourth-order valence-corrected chi connectivity index (χ4v) is 3.48. The molecule has 0 saturated heterocycles. The number of nitrogens with zero attached hydrogens (tertiary/aromatic N) is 1. The topological polar surface area (TPSA) is 62.0 Å². The second kappa shape index (κ2) is 8.22. The summed E-state index contributed by atoms with van der Waals surface area (Å²) in [5.74, 6) is -0.240. The number of nitrogens with one attached hydrogen (secondary N) is 3. The maximum Gasteiger partial charge on any atom is 0.190 e. The normalized spacial score (nSPS) is 10.9. The van der Waals surface area contributed by atoms with Crippen LogP contribution in [0.3, 0.4) is 0 Å². The molecule has 2 aromatic carbocycles. The largest absolute Gasteiger partial charge is 0.492 e. The van der Waals surface area contributed by atoms with E-state index in [-0.39, 0.29) is 5.75 Å². The van der Waals surface area contributed by atoms with Crippen LogP contribution < -0.4 is 15.4 Å². The molecule has 2 heterocycles. The number of methoxy groups -OCH3 is 1. The van der Waals surface area contributed by atoms with Crippen LogP contribution in [0.5, 0.6) is 5.75 Å². The molecule has 0 aliphatic carbocycles. The van der Waals surface area contributed by atoms with E-state index in [1.165, 1.54) is 23.6 Å². The standard InChI is InChI=1S/C23H23FN4O/c1-15-4-3-5-18-16(14-27-22(15)18)8-13-26-19-6-7-20(23(29-2)21(19)24)28-17-9-11-25-12-10-17/h3-7,9-12,14,26-27H,8,13H2,1-2H3,(H,25,28). The first-order chi connectivity index (χ1) is 14.2. The number of anilines is 3. The number of benzene rings is 2. The zero-order chi connectivity index (χ0) is 20.2. The molecular formula is C23H23FN4O. The molecule has 0 atom stereocenters. The lowest BCUT2D eigenvalue weighted by Crippen LogP contribution is -2.08. The maximum atomic E-state index is 15.0. The first-order valence-electron chi connectivity index (χ1n) is 9.50. The van der Waals surface area contributed by atoms with E-state index in [2.05, 4.69) is 45.7 Å². The van der Waals surface area contributed by atoms with Crippen LogP contribution in [0, 0.1) is 12.7 Å². The van der Waals surface area contributed by atoms with Gasteiger partial charge in [0.15, 0.2) is 11.6 Å². The van der Waals surface area contributed by atoms with E-state index in [1.807, 2.05) is 18.3 Å². The molecule has 0 saturated carbocycles. The molecule has 0 fully saturated rings. The van der Waals surface area contributed by atoms with Crippen molar-refractivity contribution in [3.63, 3.8) is 0 Å². The van der Waals surface area contributed by atoms with Gasteiger partial charge in [-0.05, 0) is 48.7 Å². The number of aromatic nitrogens is 2. The first-order valence-corrected chi connectivity index (χ1v) is 9.50. The van der Waals surface area contributed by atoms with Gasteiger partial charge < -0.3 is 20.4 Å². The molecule has 4 aromatic rings. The summed E-state index contributed by atoms with van der Waals surface area (Å²) in [5.41, 5.74) is 5.37. The van der Waals surface area contributed by atoms with Gasteiger partial charge in [-0.2, -0.15) is 0 Å². The molecule has 29 heavy (non-hydrogen) atoms. The number of para-hydroxylation sites is 1. The first kappa shape index (κ1) is 18.8. The van der Waals surface area contributed by atoms with Crippen LogP contribution in [0.15, 0.2) is 61.1 Å². The molecule has 0 bridgehead atoms. The average Bonchev–Trinajstić information content (AvgIpc) is 3.15. The number of ether oxygens (including phenoxy) is 1. The van der Waals surface area contributed by atoms with Crippen molar-refractivity contribution in [2.24, 2.45) is 0 Å². The van der Waals surface area contributed by atoms with Crippen LogP contribution in [-0.2, 0) is 6.42 Å². The molecule has 148 valence electrons. The van der Waals surface area contributed by atoms with E-state index in [9.17, 15) is 4.39 Å². The van der Waals surface area contributed by atoms with Crippen LogP contribution in [0.4, 0.5) is 21.5 Å². The second-order valence-electron chi connectivity index (χ2n) is 6.86. The van der Waals surface area contributed by atoms with E-state index in [0.717, 1.165) is 17.6 Å². The lowest BCUT2D eigenvalue weighted by atomic mass is 10.1. The number of pyridine rings is 1. The number of aromatic amines is 1. The zero-order valence-electron chi connectivity index (χ0n) is 16.4. The molecular weight excluding hydrogens is 367 g/mol. The molecule has 0 aliphatic rings. The minimum Gasteiger partial charge on any atom is -0.492 e. The molecule has 0 amide bonds.